The molecule has 2 aliphatic rings. The number of nitrogens with zero attached hydrogens (tertiary/aromatic N) is 1. The second-order valence-corrected chi connectivity index (χ2v) is 7.77. The van der Waals surface area contributed by atoms with Crippen molar-refractivity contribution in [3.63, 3.8) is 0 Å². The summed E-state index contributed by atoms with van der Waals surface area (Å²) in [6.45, 7) is 3.59. The maximum absolute atomic E-state index is 14.2. The second kappa shape index (κ2) is 10.0. The average Bonchev–Trinajstić information content (AvgIpc) is 2.65. The summed E-state index contributed by atoms with van der Waals surface area (Å²) < 4.78 is 19.9. The van der Waals surface area contributed by atoms with Gasteiger partial charge in [0.05, 0.1) is 19.1 Å². The lowest BCUT2D eigenvalue weighted by atomic mass is 9.92. The highest BCUT2D eigenvalue weighted by molar-refractivity contribution is 5.79. The number of ether oxygens (including phenoxy) is 1. The number of halogens is 1. The number of likely N-dealkylation sites (tertiary alicyclic amines) is 1. The lowest BCUT2D eigenvalue weighted by molar-refractivity contribution is -0.140. The fourth-order valence-electron chi connectivity index (χ4n) is 3.77. The van der Waals surface area contributed by atoms with Crippen LogP contribution in [0, 0.1) is 11.7 Å². The molecule has 1 amide bonds. The molecule has 150 valence electrons. The molecule has 2 saturated heterocycles. The number of unbranched alkanes of at least 4 members (excludes halogenated alkanes) is 2. The molecule has 2 N–H and O–H groups in total. The number of β-amino-alcohol motifs (C(OH)–C–C–N with tert-alkyl or cyclic N) is 1. The van der Waals surface area contributed by atoms with Crippen LogP contribution in [0.1, 0.15) is 44.1 Å². The van der Waals surface area contributed by atoms with Gasteiger partial charge in [0.2, 0.25) is 5.91 Å². The van der Waals surface area contributed by atoms with Crippen LogP contribution in [-0.2, 0) is 11.2 Å². The van der Waals surface area contributed by atoms with Crippen LogP contribution in [0.3, 0.4) is 0 Å². The van der Waals surface area contributed by atoms with E-state index in [9.17, 15) is 14.3 Å². The third kappa shape index (κ3) is 6.18. The zero-order valence-electron chi connectivity index (χ0n) is 16.0. The van der Waals surface area contributed by atoms with Crippen LogP contribution >= 0.6 is 0 Å². The number of benzene rings is 1. The number of aliphatic hydroxyl groups is 1. The van der Waals surface area contributed by atoms with Crippen molar-refractivity contribution >= 4 is 5.91 Å². The van der Waals surface area contributed by atoms with Crippen molar-refractivity contribution in [1.82, 2.24) is 10.2 Å². The smallest absolute Gasteiger partial charge is 0.227 e. The maximum Gasteiger partial charge on any atom is 0.227 e. The van der Waals surface area contributed by atoms with Crippen LogP contribution in [-0.4, -0.2) is 54.8 Å². The van der Waals surface area contributed by atoms with E-state index in [4.69, 9.17) is 4.74 Å². The first kappa shape index (κ1) is 20.1. The van der Waals surface area contributed by atoms with Gasteiger partial charge in [-0.05, 0) is 49.9 Å². The van der Waals surface area contributed by atoms with E-state index in [1.54, 1.807) is 17.0 Å². The monoisotopic (exact) mass is 378 g/mol. The van der Waals surface area contributed by atoms with Crippen LogP contribution in [0.4, 0.5) is 4.39 Å². The topological polar surface area (TPSA) is 61.8 Å². The van der Waals surface area contributed by atoms with E-state index in [1.807, 2.05) is 0 Å². The van der Waals surface area contributed by atoms with Crippen molar-refractivity contribution in [1.29, 1.82) is 0 Å². The summed E-state index contributed by atoms with van der Waals surface area (Å²) in [7, 11) is 0. The Balaban J connectivity index is 1.32. The lowest BCUT2D eigenvalue weighted by Crippen LogP contribution is -2.54. The highest BCUT2D eigenvalue weighted by Gasteiger charge is 2.28. The van der Waals surface area contributed by atoms with Crippen molar-refractivity contribution in [2.75, 3.05) is 32.8 Å². The van der Waals surface area contributed by atoms with Gasteiger partial charge in [0.15, 0.2) is 0 Å². The highest BCUT2D eigenvalue weighted by atomic mass is 19.1. The van der Waals surface area contributed by atoms with Gasteiger partial charge < -0.3 is 20.1 Å². The Hall–Kier alpha value is -1.66. The number of rotatable bonds is 9. The molecule has 0 aromatic heterocycles. The molecule has 3 rings (SSSR count). The Morgan fingerprint density at radius 2 is 2.00 bits per heavy atom. The van der Waals surface area contributed by atoms with Crippen LogP contribution in [0.15, 0.2) is 18.2 Å². The third-order valence-corrected chi connectivity index (χ3v) is 5.57. The molecule has 2 fully saturated rings. The van der Waals surface area contributed by atoms with Gasteiger partial charge in [-0.2, -0.15) is 0 Å². The van der Waals surface area contributed by atoms with Crippen LogP contribution in [0.5, 0.6) is 5.75 Å². The zero-order chi connectivity index (χ0) is 19.1. The first-order valence-electron chi connectivity index (χ1n) is 10.2. The highest BCUT2D eigenvalue weighted by Crippen LogP contribution is 2.21. The fourth-order valence-corrected chi connectivity index (χ4v) is 3.77. The first-order chi connectivity index (χ1) is 13.1. The van der Waals surface area contributed by atoms with E-state index in [2.05, 4.69) is 5.32 Å². The molecule has 2 aliphatic heterocycles. The normalized spacial score (nSPS) is 18.4. The number of aliphatic hydroxyl groups excluding tert-OH is 1. The van der Waals surface area contributed by atoms with E-state index in [0.29, 0.717) is 31.0 Å². The Kier molecular flexibility index (Phi) is 7.47. The van der Waals surface area contributed by atoms with E-state index in [-0.39, 0.29) is 12.3 Å². The fraction of sp³-hybridized carbons (Fsp3) is 0.667. The maximum atomic E-state index is 14.2. The van der Waals surface area contributed by atoms with E-state index < -0.39 is 11.9 Å². The number of carbonyl (C=O) groups is 1. The zero-order valence-corrected chi connectivity index (χ0v) is 16.0. The van der Waals surface area contributed by atoms with Gasteiger partial charge in [0.1, 0.15) is 11.6 Å². The first-order valence-corrected chi connectivity index (χ1v) is 10.2. The number of hydrogen-bond donors (Lipinski definition) is 2. The minimum Gasteiger partial charge on any atom is -0.493 e. The third-order valence-electron chi connectivity index (χ3n) is 5.57. The summed E-state index contributed by atoms with van der Waals surface area (Å²) in [6, 6.07) is 4.71. The van der Waals surface area contributed by atoms with Crippen molar-refractivity contribution in [2.45, 2.75) is 51.0 Å². The number of nitrogens with one attached hydrogen (secondary N) is 1. The van der Waals surface area contributed by atoms with E-state index in [0.717, 1.165) is 31.8 Å². The van der Waals surface area contributed by atoms with Crippen LogP contribution in [0.25, 0.3) is 0 Å². The van der Waals surface area contributed by atoms with Crippen molar-refractivity contribution in [3.8, 4) is 5.75 Å². The molecule has 2 heterocycles. The van der Waals surface area contributed by atoms with Crippen molar-refractivity contribution < 1.29 is 19.0 Å². The molecule has 5 nitrogen and oxygen atoms in total. The molecule has 1 aromatic rings. The summed E-state index contributed by atoms with van der Waals surface area (Å²) in [5, 5.41) is 12.6. The molecule has 6 heteroatoms. The van der Waals surface area contributed by atoms with E-state index in [1.165, 1.54) is 31.7 Å². The minimum atomic E-state index is -0.436. The summed E-state index contributed by atoms with van der Waals surface area (Å²) in [5.74, 6) is 0.826. The number of carbonyl (C=O) groups excluding carboxylic acids is 1. The average molecular weight is 378 g/mol. The van der Waals surface area contributed by atoms with Gasteiger partial charge in [-0.3, -0.25) is 4.79 Å². The van der Waals surface area contributed by atoms with Crippen LogP contribution in [0.2, 0.25) is 0 Å². The summed E-state index contributed by atoms with van der Waals surface area (Å²) in [5.41, 5.74) is 0.371. The number of piperidine rings is 1. The molecular formula is C21H31FN2O3. The van der Waals surface area contributed by atoms with Gasteiger partial charge in [-0.15, -0.1) is 0 Å². The predicted molar refractivity (Wildman–Crippen MR) is 102 cm³/mol. The Labute approximate surface area is 160 Å². The molecule has 1 aromatic carbocycles. The van der Waals surface area contributed by atoms with Gasteiger partial charge >= 0.3 is 0 Å². The molecule has 0 saturated carbocycles. The SMILES string of the molecule is O=C(Cc1ccc(OCCCCCC2CCNCC2)cc1F)N1CC(O)C1. The summed E-state index contributed by atoms with van der Waals surface area (Å²) in [4.78, 5) is 13.5. The van der Waals surface area contributed by atoms with Crippen molar-refractivity contribution in [2.24, 2.45) is 5.92 Å². The Morgan fingerprint density at radius 1 is 1.22 bits per heavy atom. The minimum absolute atomic E-state index is 0.0233. The van der Waals surface area contributed by atoms with Crippen molar-refractivity contribution in [3.05, 3.63) is 29.6 Å². The molecule has 0 bridgehead atoms. The molecule has 0 atom stereocenters. The molecule has 27 heavy (non-hydrogen) atoms. The Morgan fingerprint density at radius 3 is 2.70 bits per heavy atom. The molecule has 0 spiro atoms. The summed E-state index contributed by atoms with van der Waals surface area (Å²) >= 11 is 0. The van der Waals surface area contributed by atoms with Gasteiger partial charge in [0, 0.05) is 19.2 Å². The standard InChI is InChI=1S/C21H31FN2O3/c22-20-13-19(6-5-17(20)12-21(26)24-14-18(25)15-24)27-11-3-1-2-4-16-7-9-23-10-8-16/h5-6,13,16,18,23,25H,1-4,7-12,14-15H2. The molecule has 0 radical (unpaired) electrons. The number of amides is 1. The quantitative estimate of drug-likeness (QED) is 0.648. The van der Waals surface area contributed by atoms with E-state index >= 15 is 0 Å². The Bertz CT molecular complexity index is 613. The van der Waals surface area contributed by atoms with Crippen LogP contribution < -0.4 is 10.1 Å². The summed E-state index contributed by atoms with van der Waals surface area (Å²) in [6.07, 6.45) is 6.82. The molecule has 0 aliphatic carbocycles. The van der Waals surface area contributed by atoms with Gasteiger partial charge in [-0.25, -0.2) is 4.39 Å². The predicted octanol–water partition coefficient (Wildman–Crippen LogP) is 2.51. The molecular weight excluding hydrogens is 347 g/mol. The lowest BCUT2D eigenvalue weighted by Gasteiger charge is -2.35. The second-order valence-electron chi connectivity index (χ2n) is 7.77. The number of hydrogen-bond acceptors (Lipinski definition) is 4. The molecule has 0 unspecified atom stereocenters. The van der Waals surface area contributed by atoms with Gasteiger partial charge in [0.25, 0.3) is 0 Å². The largest absolute Gasteiger partial charge is 0.493 e. The van der Waals surface area contributed by atoms with Gasteiger partial charge in [-0.1, -0.05) is 25.3 Å².